The van der Waals surface area contributed by atoms with E-state index in [1.807, 2.05) is 59.9 Å². The van der Waals surface area contributed by atoms with Crippen LogP contribution in [0.4, 0.5) is 5.69 Å². The number of nitrogens with one attached hydrogen (secondary N) is 2. The number of benzene rings is 6. The zero-order valence-electron chi connectivity index (χ0n) is 22.1. The molecule has 2 heterocycles. The van der Waals surface area contributed by atoms with Gasteiger partial charge in [0.1, 0.15) is 0 Å². The van der Waals surface area contributed by atoms with E-state index in [1.54, 1.807) is 0 Å². The summed E-state index contributed by atoms with van der Waals surface area (Å²) in [5.41, 5.74) is 11.3. The fourth-order valence-electron chi connectivity index (χ4n) is 5.87. The Balaban J connectivity index is 1.27. The highest BCUT2D eigenvalue weighted by atomic mass is 32.1. The van der Waals surface area contributed by atoms with E-state index in [9.17, 15) is 5.41 Å². The molecule has 0 saturated heterocycles. The Morgan fingerprint density at radius 2 is 1.27 bits per heavy atom. The Morgan fingerprint density at radius 3 is 2.17 bits per heavy atom. The molecule has 41 heavy (non-hydrogen) atoms. The first-order chi connectivity index (χ1) is 20.2. The van der Waals surface area contributed by atoms with Crippen LogP contribution in [0.25, 0.3) is 53.1 Å². The number of fused-ring (bicyclic) bond motifs is 6. The molecule has 0 bridgehead atoms. The minimum Gasteiger partial charge on any atom is -0.300 e. The van der Waals surface area contributed by atoms with Gasteiger partial charge in [-0.05, 0) is 47.5 Å². The summed E-state index contributed by atoms with van der Waals surface area (Å²) in [5.74, 6) is 0. The highest BCUT2D eigenvalue weighted by molar-refractivity contribution is 7.25. The van der Waals surface area contributed by atoms with Crippen LogP contribution < -0.4 is 5.43 Å². The maximum absolute atomic E-state index is 9.25. The summed E-state index contributed by atoms with van der Waals surface area (Å²) in [6, 6.07) is 48.5. The predicted octanol–water partition coefficient (Wildman–Crippen LogP) is 10.1. The summed E-state index contributed by atoms with van der Waals surface area (Å²) < 4.78 is 4.78. The Labute approximate surface area is 241 Å². The van der Waals surface area contributed by atoms with Crippen molar-refractivity contribution in [3.8, 4) is 11.1 Å². The van der Waals surface area contributed by atoms with Crippen LogP contribution in [0.2, 0.25) is 0 Å². The monoisotopic (exact) mass is 543 g/mol. The fraction of sp³-hybridized carbons (Fsp3) is 0. The van der Waals surface area contributed by atoms with Gasteiger partial charge in [0.15, 0.2) is 0 Å². The molecule has 0 amide bonds. The van der Waals surface area contributed by atoms with E-state index < -0.39 is 0 Å². The molecule has 0 unspecified atom stereocenters. The molecule has 0 aliphatic heterocycles. The molecule has 0 fully saturated rings. The van der Waals surface area contributed by atoms with Gasteiger partial charge < -0.3 is 0 Å². The smallest absolute Gasteiger partial charge is 0.0717 e. The quantitative estimate of drug-likeness (QED) is 0.208. The van der Waals surface area contributed by atoms with Gasteiger partial charge in [-0.3, -0.25) is 15.5 Å². The van der Waals surface area contributed by atoms with Crippen LogP contribution in [-0.4, -0.2) is 10.4 Å². The second kappa shape index (κ2) is 9.47. The van der Waals surface area contributed by atoms with Crippen molar-refractivity contribution in [3.63, 3.8) is 0 Å². The molecule has 2 aromatic heterocycles. The van der Waals surface area contributed by atoms with E-state index in [4.69, 9.17) is 0 Å². The van der Waals surface area contributed by atoms with Crippen LogP contribution in [0.15, 0.2) is 140 Å². The molecule has 0 atom stereocenters. The Kier molecular flexibility index (Phi) is 5.47. The highest BCUT2D eigenvalue weighted by Gasteiger charge is 2.17. The number of rotatable bonds is 5. The van der Waals surface area contributed by atoms with Gasteiger partial charge >= 0.3 is 0 Å². The second-order valence-corrected chi connectivity index (χ2v) is 11.4. The number of hydrogen-bond donors (Lipinski definition) is 2. The largest absolute Gasteiger partial charge is 0.300 e. The van der Waals surface area contributed by atoms with Crippen LogP contribution in [0.1, 0.15) is 11.1 Å². The Bertz CT molecular complexity index is 2260. The molecule has 0 radical (unpaired) electrons. The molecule has 0 aliphatic carbocycles. The van der Waals surface area contributed by atoms with Crippen LogP contribution in [0, 0.1) is 5.41 Å². The molecule has 0 spiro atoms. The van der Waals surface area contributed by atoms with Crippen molar-refractivity contribution in [1.82, 2.24) is 4.68 Å². The van der Waals surface area contributed by atoms with Crippen LogP contribution >= 0.6 is 11.3 Å². The number of nitrogens with zero attached hydrogens (tertiary/aromatic N) is 1. The van der Waals surface area contributed by atoms with Crippen molar-refractivity contribution in [1.29, 1.82) is 5.41 Å². The SMILES string of the molecule is N=C(c1cccc(-c2ccccc2)c1)c1ccccc1Nn1c2ccccc2c2cc3sc4ccccc4c3cc21. The third-order valence-corrected chi connectivity index (χ3v) is 8.99. The first kappa shape index (κ1) is 23.7. The summed E-state index contributed by atoms with van der Waals surface area (Å²) in [4.78, 5) is 0. The zero-order valence-corrected chi connectivity index (χ0v) is 23.0. The van der Waals surface area contributed by atoms with E-state index in [0.717, 1.165) is 39.0 Å². The molecule has 8 aromatic rings. The number of thiophene rings is 1. The topological polar surface area (TPSA) is 40.8 Å². The first-order valence-electron chi connectivity index (χ1n) is 13.7. The molecule has 0 saturated carbocycles. The van der Waals surface area contributed by atoms with Crippen LogP contribution in [-0.2, 0) is 0 Å². The van der Waals surface area contributed by atoms with E-state index >= 15 is 0 Å². The van der Waals surface area contributed by atoms with Crippen molar-refractivity contribution in [2.75, 3.05) is 5.43 Å². The number of anilines is 1. The van der Waals surface area contributed by atoms with Crippen molar-refractivity contribution in [3.05, 3.63) is 151 Å². The third-order valence-electron chi connectivity index (χ3n) is 7.86. The van der Waals surface area contributed by atoms with Crippen LogP contribution in [0.5, 0.6) is 0 Å². The second-order valence-electron chi connectivity index (χ2n) is 10.3. The lowest BCUT2D eigenvalue weighted by Crippen LogP contribution is -2.13. The molecule has 4 heteroatoms. The zero-order chi connectivity index (χ0) is 27.3. The van der Waals surface area contributed by atoms with Gasteiger partial charge in [0.25, 0.3) is 0 Å². The molecule has 6 aromatic carbocycles. The lowest BCUT2D eigenvalue weighted by atomic mass is 9.97. The molecule has 3 nitrogen and oxygen atoms in total. The predicted molar refractivity (Wildman–Crippen MR) is 176 cm³/mol. The standard InChI is InChI=1S/C37H25N3S/c38-37(26-14-10-13-25(21-26)24-11-2-1-3-12-24)29-17-4-7-18-32(29)39-40-33-19-8-5-15-27(33)30-23-36-31(22-34(30)40)28-16-6-9-20-35(28)41-36/h1-23,38-39H. The number of para-hydroxylation sites is 2. The van der Waals surface area contributed by atoms with Crippen LogP contribution in [0.3, 0.4) is 0 Å². The van der Waals surface area contributed by atoms with Crippen molar-refractivity contribution in [2.24, 2.45) is 0 Å². The average Bonchev–Trinajstić information content (AvgIpc) is 3.55. The normalized spacial score (nSPS) is 11.5. The van der Waals surface area contributed by atoms with Crippen molar-refractivity contribution in [2.45, 2.75) is 0 Å². The molecule has 194 valence electrons. The molecular weight excluding hydrogens is 518 g/mol. The van der Waals surface area contributed by atoms with Gasteiger partial charge in [0, 0.05) is 42.1 Å². The van der Waals surface area contributed by atoms with Crippen molar-refractivity contribution >= 4 is 64.7 Å². The number of aromatic nitrogens is 1. The number of hydrogen-bond acceptors (Lipinski definition) is 3. The molecule has 2 N–H and O–H groups in total. The van der Waals surface area contributed by atoms with Gasteiger partial charge in [0.2, 0.25) is 0 Å². The van der Waals surface area contributed by atoms with Gasteiger partial charge in [-0.1, -0.05) is 103 Å². The summed E-state index contributed by atoms with van der Waals surface area (Å²) in [7, 11) is 0. The minimum atomic E-state index is 0.484. The maximum Gasteiger partial charge on any atom is 0.0717 e. The van der Waals surface area contributed by atoms with Crippen molar-refractivity contribution < 1.29 is 0 Å². The van der Waals surface area contributed by atoms with E-state index in [0.29, 0.717) is 5.71 Å². The third kappa shape index (κ3) is 3.92. The van der Waals surface area contributed by atoms with E-state index in [1.165, 1.54) is 30.9 Å². The molecular formula is C37H25N3S. The van der Waals surface area contributed by atoms with Gasteiger partial charge in [-0.2, -0.15) is 0 Å². The fourth-order valence-corrected chi connectivity index (χ4v) is 6.99. The highest BCUT2D eigenvalue weighted by Crippen LogP contribution is 2.39. The summed E-state index contributed by atoms with van der Waals surface area (Å²) in [6.45, 7) is 0. The minimum absolute atomic E-state index is 0.484. The summed E-state index contributed by atoms with van der Waals surface area (Å²) in [5, 5.41) is 14.2. The molecule has 0 aliphatic rings. The first-order valence-corrected chi connectivity index (χ1v) is 14.5. The molecule has 8 rings (SSSR count). The Morgan fingerprint density at radius 1 is 0.537 bits per heavy atom. The van der Waals surface area contributed by atoms with Gasteiger partial charge in [-0.25, -0.2) is 0 Å². The summed E-state index contributed by atoms with van der Waals surface area (Å²) >= 11 is 1.84. The van der Waals surface area contributed by atoms with E-state index in [-0.39, 0.29) is 0 Å². The maximum atomic E-state index is 9.25. The van der Waals surface area contributed by atoms with Gasteiger partial charge in [-0.15, -0.1) is 11.3 Å². The average molecular weight is 544 g/mol. The Hall–Kier alpha value is -5.19. The van der Waals surface area contributed by atoms with Gasteiger partial charge in [0.05, 0.1) is 22.4 Å². The lowest BCUT2D eigenvalue weighted by molar-refractivity contribution is 1.06. The lowest BCUT2D eigenvalue weighted by Gasteiger charge is -2.16. The van der Waals surface area contributed by atoms with E-state index in [2.05, 4.69) is 101 Å². The summed E-state index contributed by atoms with van der Waals surface area (Å²) in [6.07, 6.45) is 0.